The van der Waals surface area contributed by atoms with Crippen LogP contribution in [0.2, 0.25) is 0 Å². The minimum Gasteiger partial charge on any atom is -0.393 e. The molecule has 0 aromatic carbocycles. The van der Waals surface area contributed by atoms with E-state index in [0.29, 0.717) is 29.4 Å². The monoisotopic (exact) mass is 411 g/mol. The summed E-state index contributed by atoms with van der Waals surface area (Å²) in [7, 11) is 0. The van der Waals surface area contributed by atoms with Crippen molar-refractivity contribution in [3.8, 4) is 6.07 Å². The Morgan fingerprint density at radius 2 is 1.97 bits per heavy atom. The molecule has 0 bridgehead atoms. The molecule has 5 heteroatoms. The van der Waals surface area contributed by atoms with Crippen LogP contribution in [0.5, 0.6) is 0 Å². The van der Waals surface area contributed by atoms with Crippen molar-refractivity contribution < 1.29 is 10.2 Å². The van der Waals surface area contributed by atoms with E-state index in [1.807, 2.05) is 6.92 Å². The number of aliphatic hydroxyl groups is 2. The third-order valence-corrected chi connectivity index (χ3v) is 10.3. The van der Waals surface area contributed by atoms with Gasteiger partial charge in [0.15, 0.2) is 0 Å². The predicted molar refractivity (Wildman–Crippen MR) is 114 cm³/mol. The number of nitrogens with zero attached hydrogens (tertiary/aromatic N) is 3. The van der Waals surface area contributed by atoms with Crippen molar-refractivity contribution in [2.45, 2.75) is 90.4 Å². The Morgan fingerprint density at radius 1 is 1.20 bits per heavy atom. The molecule has 4 aliphatic carbocycles. The molecule has 9 atom stereocenters. The smallest absolute Gasteiger partial charge is 0.102 e. The summed E-state index contributed by atoms with van der Waals surface area (Å²) in [5.74, 6) is 3.11. The molecule has 0 unspecified atom stereocenters. The Kier molecular flexibility index (Phi) is 4.66. The Morgan fingerprint density at radius 3 is 2.70 bits per heavy atom. The van der Waals surface area contributed by atoms with Crippen LogP contribution in [0.3, 0.4) is 0 Å². The molecule has 0 amide bonds. The molecule has 1 aromatic heterocycles. The zero-order valence-electron chi connectivity index (χ0n) is 18.7. The maximum absolute atomic E-state index is 11.6. The van der Waals surface area contributed by atoms with E-state index in [1.165, 1.54) is 32.1 Å². The predicted octanol–water partition coefficient (Wildman–Crippen LogP) is 4.14. The summed E-state index contributed by atoms with van der Waals surface area (Å²) in [6, 6.07) is 2.13. The fourth-order valence-corrected chi connectivity index (χ4v) is 9.13. The van der Waals surface area contributed by atoms with E-state index in [-0.39, 0.29) is 17.4 Å². The van der Waals surface area contributed by atoms with Gasteiger partial charge in [0.05, 0.1) is 30.0 Å². The summed E-state index contributed by atoms with van der Waals surface area (Å²) < 4.78 is 1.74. The molecule has 5 rings (SSSR count). The van der Waals surface area contributed by atoms with Crippen molar-refractivity contribution in [2.24, 2.45) is 40.4 Å². The molecule has 0 saturated heterocycles. The topological polar surface area (TPSA) is 82.1 Å². The zero-order chi connectivity index (χ0) is 21.3. The fraction of sp³-hybridized carbons (Fsp3) is 0.840. The maximum Gasteiger partial charge on any atom is 0.102 e. The van der Waals surface area contributed by atoms with Gasteiger partial charge >= 0.3 is 0 Å². The number of aromatic nitrogens is 2. The van der Waals surface area contributed by atoms with Crippen molar-refractivity contribution in [1.82, 2.24) is 9.78 Å². The van der Waals surface area contributed by atoms with Crippen molar-refractivity contribution in [3.05, 3.63) is 18.0 Å². The van der Waals surface area contributed by atoms with E-state index in [2.05, 4.69) is 25.0 Å². The van der Waals surface area contributed by atoms with Gasteiger partial charge in [-0.15, -0.1) is 0 Å². The maximum atomic E-state index is 11.6. The molecule has 4 saturated carbocycles. The minimum atomic E-state index is -0.834. The molecule has 30 heavy (non-hydrogen) atoms. The van der Waals surface area contributed by atoms with Gasteiger partial charge in [0.1, 0.15) is 6.07 Å². The quantitative estimate of drug-likeness (QED) is 0.783. The van der Waals surface area contributed by atoms with E-state index < -0.39 is 5.60 Å². The molecule has 5 nitrogen and oxygen atoms in total. The van der Waals surface area contributed by atoms with Crippen LogP contribution < -0.4 is 0 Å². The molecule has 1 aromatic rings. The number of hydrogen-bond donors (Lipinski definition) is 2. The highest BCUT2D eigenvalue weighted by atomic mass is 16.3. The van der Waals surface area contributed by atoms with Crippen molar-refractivity contribution in [3.63, 3.8) is 0 Å². The molecule has 4 fully saturated rings. The van der Waals surface area contributed by atoms with Crippen molar-refractivity contribution in [2.75, 3.05) is 0 Å². The highest BCUT2D eigenvalue weighted by Gasteiger charge is 2.63. The summed E-state index contributed by atoms with van der Waals surface area (Å²) in [4.78, 5) is 0. The highest BCUT2D eigenvalue weighted by Crippen LogP contribution is 2.69. The highest BCUT2D eigenvalue weighted by molar-refractivity contribution is 5.22. The molecular weight excluding hydrogens is 374 g/mol. The van der Waals surface area contributed by atoms with E-state index in [9.17, 15) is 10.2 Å². The Bertz CT molecular complexity index is 857. The van der Waals surface area contributed by atoms with Crippen molar-refractivity contribution >= 4 is 0 Å². The number of nitriles is 1. The molecule has 4 aliphatic rings. The SMILES string of the molecule is C[C@]12C[C@H](O)C[C@@H]1CC[C@@H]1[C@@H]2CC[C@@]2(C)[C@H]1CC[C@@H]2[C@@](C)(O)Cn1cc(C#N)cn1. The molecule has 0 aliphatic heterocycles. The first-order valence-electron chi connectivity index (χ1n) is 12.0. The Balaban J connectivity index is 1.38. The number of aliphatic hydroxyl groups excluding tert-OH is 1. The number of hydrogen-bond acceptors (Lipinski definition) is 4. The Labute approximate surface area is 180 Å². The van der Waals surface area contributed by atoms with Gasteiger partial charge in [-0.3, -0.25) is 4.68 Å². The van der Waals surface area contributed by atoms with Crippen LogP contribution in [0.1, 0.15) is 77.7 Å². The molecule has 2 N–H and O–H groups in total. The normalized spacial score (nSPS) is 47.1. The van der Waals surface area contributed by atoms with Crippen LogP contribution in [0.15, 0.2) is 12.4 Å². The standard InChI is InChI=1S/C25H37N3O2/c1-23-9-8-21-19(5-4-17-10-18(29)11-24(17,21)2)20(23)6-7-22(23)25(3,30)15-28-14-16(12-26)13-27-28/h13-14,17-22,29-30H,4-11,15H2,1-3H3/t17-,18+,19-,20-,21-,22-,23-,24-,25-/m0/s1. The van der Waals surface area contributed by atoms with Gasteiger partial charge in [-0.2, -0.15) is 10.4 Å². The van der Waals surface area contributed by atoms with Gasteiger partial charge in [0, 0.05) is 6.20 Å². The van der Waals surface area contributed by atoms with Gasteiger partial charge in [0.2, 0.25) is 0 Å². The number of fused-ring (bicyclic) bond motifs is 5. The van der Waals surface area contributed by atoms with Crippen LogP contribution in [0.25, 0.3) is 0 Å². The summed E-state index contributed by atoms with van der Waals surface area (Å²) in [5.41, 5.74) is 0.189. The lowest BCUT2D eigenvalue weighted by Crippen LogP contribution is -2.53. The first kappa shape index (κ1) is 20.5. The molecule has 1 heterocycles. The summed E-state index contributed by atoms with van der Waals surface area (Å²) in [6.45, 7) is 7.35. The van der Waals surface area contributed by atoms with Gasteiger partial charge in [-0.05, 0) is 98.7 Å². The van der Waals surface area contributed by atoms with E-state index in [4.69, 9.17) is 5.26 Å². The Hall–Kier alpha value is -1.38. The fourth-order valence-electron chi connectivity index (χ4n) is 9.13. The summed E-state index contributed by atoms with van der Waals surface area (Å²) >= 11 is 0. The van der Waals surface area contributed by atoms with Crippen LogP contribution in [-0.4, -0.2) is 31.7 Å². The van der Waals surface area contributed by atoms with E-state index >= 15 is 0 Å². The molecular formula is C25H37N3O2. The van der Waals surface area contributed by atoms with Crippen molar-refractivity contribution in [1.29, 1.82) is 5.26 Å². The number of rotatable bonds is 3. The minimum absolute atomic E-state index is 0.100. The van der Waals surface area contributed by atoms with Gasteiger partial charge < -0.3 is 10.2 Å². The zero-order valence-corrected chi connectivity index (χ0v) is 18.7. The second-order valence-corrected chi connectivity index (χ2v) is 11.8. The average molecular weight is 412 g/mol. The van der Waals surface area contributed by atoms with E-state index in [0.717, 1.165) is 31.1 Å². The summed E-state index contributed by atoms with van der Waals surface area (Å²) in [6.07, 6.45) is 12.5. The second-order valence-electron chi connectivity index (χ2n) is 11.8. The second kappa shape index (κ2) is 6.81. The largest absolute Gasteiger partial charge is 0.393 e. The first-order valence-corrected chi connectivity index (χ1v) is 12.0. The van der Waals surface area contributed by atoms with Gasteiger partial charge in [0.25, 0.3) is 0 Å². The molecule has 0 radical (unpaired) electrons. The molecule has 0 spiro atoms. The van der Waals surface area contributed by atoms with Crippen LogP contribution in [0.4, 0.5) is 0 Å². The average Bonchev–Trinajstić information content (AvgIpc) is 3.35. The van der Waals surface area contributed by atoms with Crippen LogP contribution >= 0.6 is 0 Å². The lowest BCUT2D eigenvalue weighted by atomic mass is 9.47. The lowest BCUT2D eigenvalue weighted by molar-refractivity contribution is -0.124. The third kappa shape index (κ3) is 2.90. The first-order chi connectivity index (χ1) is 14.2. The van der Waals surface area contributed by atoms with Gasteiger partial charge in [-0.1, -0.05) is 13.8 Å². The van der Waals surface area contributed by atoms with E-state index in [1.54, 1.807) is 17.1 Å². The van der Waals surface area contributed by atoms with Crippen LogP contribution in [-0.2, 0) is 6.54 Å². The summed E-state index contributed by atoms with van der Waals surface area (Å²) in [5, 5.41) is 35.4. The molecule has 164 valence electrons. The third-order valence-electron chi connectivity index (χ3n) is 10.3. The lowest BCUT2D eigenvalue weighted by Gasteiger charge is -2.58. The van der Waals surface area contributed by atoms with Gasteiger partial charge in [-0.25, -0.2) is 0 Å². The van der Waals surface area contributed by atoms with Crippen LogP contribution in [0, 0.1) is 51.8 Å².